The van der Waals surface area contributed by atoms with Gasteiger partial charge in [-0.15, -0.1) is 0 Å². The molecule has 2 rings (SSSR count). The van der Waals surface area contributed by atoms with Gasteiger partial charge in [0.2, 0.25) is 0 Å². The minimum absolute atomic E-state index is 0.213. The highest BCUT2D eigenvalue weighted by atomic mass is 19.1. The highest BCUT2D eigenvalue weighted by Crippen LogP contribution is 2.26. The Hall–Kier alpha value is -1.22. The summed E-state index contributed by atoms with van der Waals surface area (Å²) in [7, 11) is 0. The summed E-state index contributed by atoms with van der Waals surface area (Å²) >= 11 is 0. The summed E-state index contributed by atoms with van der Waals surface area (Å²) in [6.45, 7) is 3.54. The van der Waals surface area contributed by atoms with E-state index in [-0.39, 0.29) is 11.6 Å². The number of ketones is 1. The average molecular weight is 235 g/mol. The van der Waals surface area contributed by atoms with Gasteiger partial charge in [-0.3, -0.25) is 9.69 Å². The van der Waals surface area contributed by atoms with Crippen molar-refractivity contribution in [2.45, 2.75) is 32.2 Å². The third-order valence-electron chi connectivity index (χ3n) is 3.16. The lowest BCUT2D eigenvalue weighted by Gasteiger charge is -2.18. The summed E-state index contributed by atoms with van der Waals surface area (Å²) in [5, 5.41) is 0. The Balaban J connectivity index is 1.85. The summed E-state index contributed by atoms with van der Waals surface area (Å²) in [6.07, 6.45) is 2.85. The SMILES string of the molecule is CCN(CC(=O)Cc1ccc(F)cc1)C1CC1. The van der Waals surface area contributed by atoms with Gasteiger partial charge in [-0.1, -0.05) is 19.1 Å². The topological polar surface area (TPSA) is 20.3 Å². The van der Waals surface area contributed by atoms with Gasteiger partial charge in [0.25, 0.3) is 0 Å². The molecular weight excluding hydrogens is 217 g/mol. The standard InChI is InChI=1S/C14H18FNO/c1-2-16(13-7-8-13)10-14(17)9-11-3-5-12(15)6-4-11/h3-6,13H,2,7-10H2,1H3. The number of hydrogen-bond donors (Lipinski definition) is 0. The molecule has 2 nitrogen and oxygen atoms in total. The lowest BCUT2D eigenvalue weighted by molar-refractivity contribution is -0.119. The van der Waals surface area contributed by atoms with E-state index < -0.39 is 0 Å². The Labute approximate surface area is 101 Å². The van der Waals surface area contributed by atoms with Crippen LogP contribution in [0.5, 0.6) is 0 Å². The molecule has 1 fully saturated rings. The second kappa shape index (κ2) is 5.41. The Kier molecular flexibility index (Phi) is 3.89. The van der Waals surface area contributed by atoms with Crippen molar-refractivity contribution < 1.29 is 9.18 Å². The van der Waals surface area contributed by atoms with E-state index in [9.17, 15) is 9.18 Å². The molecule has 0 atom stereocenters. The lowest BCUT2D eigenvalue weighted by atomic mass is 10.1. The molecular formula is C14H18FNO. The molecule has 0 heterocycles. The minimum Gasteiger partial charge on any atom is -0.298 e. The number of benzene rings is 1. The lowest BCUT2D eigenvalue weighted by Crippen LogP contribution is -2.32. The van der Waals surface area contributed by atoms with Crippen LogP contribution in [-0.2, 0) is 11.2 Å². The number of carbonyl (C=O) groups excluding carboxylic acids is 1. The number of likely N-dealkylation sites (N-methyl/N-ethyl adjacent to an activating group) is 1. The minimum atomic E-state index is -0.255. The molecule has 17 heavy (non-hydrogen) atoms. The summed E-state index contributed by atoms with van der Waals surface area (Å²) < 4.78 is 12.7. The fraction of sp³-hybridized carbons (Fsp3) is 0.500. The zero-order valence-electron chi connectivity index (χ0n) is 10.2. The van der Waals surface area contributed by atoms with Crippen molar-refractivity contribution in [1.82, 2.24) is 4.90 Å². The fourth-order valence-corrected chi connectivity index (χ4v) is 2.05. The monoisotopic (exact) mass is 235 g/mol. The number of carbonyl (C=O) groups is 1. The van der Waals surface area contributed by atoms with Crippen molar-refractivity contribution in [2.75, 3.05) is 13.1 Å². The quantitative estimate of drug-likeness (QED) is 0.754. The largest absolute Gasteiger partial charge is 0.298 e. The summed E-state index contributed by atoms with van der Waals surface area (Å²) in [6, 6.07) is 6.79. The molecule has 0 bridgehead atoms. The van der Waals surface area contributed by atoms with Gasteiger partial charge in [0.1, 0.15) is 5.82 Å². The van der Waals surface area contributed by atoms with Crippen LogP contribution in [0.4, 0.5) is 4.39 Å². The molecule has 0 saturated heterocycles. The molecule has 92 valence electrons. The predicted molar refractivity (Wildman–Crippen MR) is 65.4 cm³/mol. The van der Waals surface area contributed by atoms with Gasteiger partial charge < -0.3 is 0 Å². The smallest absolute Gasteiger partial charge is 0.151 e. The summed E-state index contributed by atoms with van der Waals surface area (Å²) in [4.78, 5) is 14.1. The average Bonchev–Trinajstić information content (AvgIpc) is 3.13. The Bertz CT molecular complexity index is 384. The molecule has 1 aromatic rings. The van der Waals surface area contributed by atoms with Crippen molar-refractivity contribution >= 4 is 5.78 Å². The zero-order chi connectivity index (χ0) is 12.3. The number of Topliss-reactive ketones (excluding diaryl/α,β-unsaturated/α-hetero) is 1. The maximum atomic E-state index is 12.7. The van der Waals surface area contributed by atoms with E-state index >= 15 is 0 Å². The third-order valence-corrected chi connectivity index (χ3v) is 3.16. The third kappa shape index (κ3) is 3.63. The molecule has 1 saturated carbocycles. The van der Waals surface area contributed by atoms with E-state index in [1.807, 2.05) is 0 Å². The van der Waals surface area contributed by atoms with Crippen LogP contribution in [0.15, 0.2) is 24.3 Å². The van der Waals surface area contributed by atoms with Crippen LogP contribution in [0.2, 0.25) is 0 Å². The van der Waals surface area contributed by atoms with Crippen molar-refractivity contribution in [3.8, 4) is 0 Å². The van der Waals surface area contributed by atoms with E-state index in [0.717, 1.165) is 12.1 Å². The molecule has 0 spiro atoms. The molecule has 0 aliphatic heterocycles. The molecule has 0 amide bonds. The number of rotatable bonds is 6. The van der Waals surface area contributed by atoms with E-state index in [1.165, 1.54) is 25.0 Å². The first kappa shape index (κ1) is 12.2. The molecule has 0 unspecified atom stereocenters. The first-order chi connectivity index (χ1) is 8.19. The second-order valence-corrected chi connectivity index (χ2v) is 4.64. The van der Waals surface area contributed by atoms with Gasteiger partial charge in [0, 0.05) is 12.5 Å². The fourth-order valence-electron chi connectivity index (χ4n) is 2.05. The van der Waals surface area contributed by atoms with Crippen LogP contribution in [0.1, 0.15) is 25.3 Å². The van der Waals surface area contributed by atoms with Crippen molar-refractivity contribution in [3.63, 3.8) is 0 Å². The molecule has 1 aliphatic rings. The van der Waals surface area contributed by atoms with E-state index in [2.05, 4.69) is 11.8 Å². The normalized spacial score (nSPS) is 15.2. The first-order valence-corrected chi connectivity index (χ1v) is 6.19. The second-order valence-electron chi connectivity index (χ2n) is 4.64. The van der Waals surface area contributed by atoms with Crippen LogP contribution in [-0.4, -0.2) is 29.8 Å². The van der Waals surface area contributed by atoms with Crippen LogP contribution in [0.25, 0.3) is 0 Å². The molecule has 1 aromatic carbocycles. The van der Waals surface area contributed by atoms with Crippen molar-refractivity contribution in [2.24, 2.45) is 0 Å². The number of hydrogen-bond acceptors (Lipinski definition) is 2. The van der Waals surface area contributed by atoms with E-state index in [4.69, 9.17) is 0 Å². The summed E-state index contributed by atoms with van der Waals surface area (Å²) in [5.74, 6) is -0.0419. The molecule has 1 aliphatic carbocycles. The molecule has 0 radical (unpaired) electrons. The maximum Gasteiger partial charge on any atom is 0.151 e. The van der Waals surface area contributed by atoms with Crippen molar-refractivity contribution in [1.29, 1.82) is 0 Å². The molecule has 0 N–H and O–H groups in total. The number of nitrogens with zero attached hydrogens (tertiary/aromatic N) is 1. The first-order valence-electron chi connectivity index (χ1n) is 6.19. The van der Waals surface area contributed by atoms with E-state index in [0.29, 0.717) is 19.0 Å². The van der Waals surface area contributed by atoms with Gasteiger partial charge in [0.05, 0.1) is 6.54 Å². The maximum absolute atomic E-state index is 12.7. The van der Waals surface area contributed by atoms with Gasteiger partial charge in [0.15, 0.2) is 5.78 Å². The van der Waals surface area contributed by atoms with Crippen LogP contribution in [0, 0.1) is 5.82 Å². The van der Waals surface area contributed by atoms with Crippen LogP contribution in [0.3, 0.4) is 0 Å². The number of halogens is 1. The Morgan fingerprint density at radius 1 is 1.35 bits per heavy atom. The Morgan fingerprint density at radius 2 is 2.00 bits per heavy atom. The Morgan fingerprint density at radius 3 is 2.53 bits per heavy atom. The van der Waals surface area contributed by atoms with Crippen LogP contribution < -0.4 is 0 Å². The predicted octanol–water partition coefficient (Wildman–Crippen LogP) is 2.42. The zero-order valence-corrected chi connectivity index (χ0v) is 10.2. The van der Waals surface area contributed by atoms with Crippen molar-refractivity contribution in [3.05, 3.63) is 35.6 Å². The van der Waals surface area contributed by atoms with Gasteiger partial charge >= 0.3 is 0 Å². The van der Waals surface area contributed by atoms with Gasteiger partial charge in [-0.2, -0.15) is 0 Å². The molecule has 0 aromatic heterocycles. The highest BCUT2D eigenvalue weighted by molar-refractivity contribution is 5.82. The van der Waals surface area contributed by atoms with Gasteiger partial charge in [-0.25, -0.2) is 4.39 Å². The van der Waals surface area contributed by atoms with Gasteiger partial charge in [-0.05, 0) is 37.1 Å². The summed E-state index contributed by atoms with van der Waals surface area (Å²) in [5.41, 5.74) is 0.892. The van der Waals surface area contributed by atoms with Crippen LogP contribution >= 0.6 is 0 Å². The van der Waals surface area contributed by atoms with E-state index in [1.54, 1.807) is 12.1 Å². The highest BCUT2D eigenvalue weighted by Gasteiger charge is 2.28. The molecule has 3 heteroatoms.